The number of halogens is 1. The van der Waals surface area contributed by atoms with E-state index in [0.717, 1.165) is 36.9 Å². The molecule has 2 N–H and O–H groups in total. The fourth-order valence-corrected chi connectivity index (χ4v) is 3.42. The Kier molecular flexibility index (Phi) is 6.82. The van der Waals surface area contributed by atoms with Crippen molar-refractivity contribution in [2.75, 3.05) is 5.32 Å². The summed E-state index contributed by atoms with van der Waals surface area (Å²) in [6, 6.07) is 14.1. The molecule has 2 aromatic rings. The van der Waals surface area contributed by atoms with E-state index >= 15 is 0 Å². The molecule has 0 saturated heterocycles. The first-order valence-corrected chi connectivity index (χ1v) is 9.92. The van der Waals surface area contributed by atoms with Crippen LogP contribution in [0.2, 0.25) is 5.02 Å². The summed E-state index contributed by atoms with van der Waals surface area (Å²) in [5.41, 5.74) is 5.25. The zero-order valence-electron chi connectivity index (χ0n) is 15.9. The highest BCUT2D eigenvalue weighted by molar-refractivity contribution is 6.30. The third-order valence-electron chi connectivity index (χ3n) is 4.96. The van der Waals surface area contributed by atoms with Crippen molar-refractivity contribution in [3.8, 4) is 0 Å². The van der Waals surface area contributed by atoms with Gasteiger partial charge in [0.05, 0.1) is 5.71 Å². The molecule has 2 aromatic carbocycles. The number of anilines is 1. The van der Waals surface area contributed by atoms with Gasteiger partial charge in [0.15, 0.2) is 0 Å². The SMILES string of the molecule is CC(=NNC(=O)c1ccc(Cl)cc1)c1cccc(NC(=O)C2CCCCC2)c1. The third-order valence-corrected chi connectivity index (χ3v) is 5.21. The summed E-state index contributed by atoms with van der Waals surface area (Å²) in [4.78, 5) is 24.6. The van der Waals surface area contributed by atoms with Crippen molar-refractivity contribution < 1.29 is 9.59 Å². The Bertz CT molecular complexity index is 872. The van der Waals surface area contributed by atoms with Crippen LogP contribution in [0.4, 0.5) is 5.69 Å². The molecule has 0 spiro atoms. The van der Waals surface area contributed by atoms with Crippen molar-refractivity contribution in [3.05, 3.63) is 64.7 Å². The predicted molar refractivity (Wildman–Crippen MR) is 113 cm³/mol. The topological polar surface area (TPSA) is 70.6 Å². The number of hydrogen-bond donors (Lipinski definition) is 2. The van der Waals surface area contributed by atoms with Crippen LogP contribution in [0.5, 0.6) is 0 Å². The van der Waals surface area contributed by atoms with E-state index in [1.54, 1.807) is 24.3 Å². The summed E-state index contributed by atoms with van der Waals surface area (Å²) in [6.07, 6.45) is 5.39. The summed E-state index contributed by atoms with van der Waals surface area (Å²) >= 11 is 5.84. The first kappa shape index (κ1) is 20.1. The molecule has 1 aliphatic rings. The minimum atomic E-state index is -0.308. The van der Waals surface area contributed by atoms with Crippen molar-refractivity contribution in [2.24, 2.45) is 11.0 Å². The van der Waals surface area contributed by atoms with Crippen LogP contribution in [0.1, 0.15) is 54.9 Å². The highest BCUT2D eigenvalue weighted by atomic mass is 35.5. The minimum absolute atomic E-state index is 0.0856. The maximum Gasteiger partial charge on any atom is 0.271 e. The number of nitrogens with one attached hydrogen (secondary N) is 2. The lowest BCUT2D eigenvalue weighted by Crippen LogP contribution is -2.24. The first-order chi connectivity index (χ1) is 13.5. The molecule has 0 radical (unpaired) electrons. The van der Waals surface area contributed by atoms with E-state index in [4.69, 9.17) is 11.6 Å². The largest absolute Gasteiger partial charge is 0.326 e. The smallest absolute Gasteiger partial charge is 0.271 e. The van der Waals surface area contributed by atoms with Gasteiger partial charge in [0.25, 0.3) is 5.91 Å². The van der Waals surface area contributed by atoms with Gasteiger partial charge in [-0.05, 0) is 61.7 Å². The zero-order chi connectivity index (χ0) is 19.9. The quantitative estimate of drug-likeness (QED) is 0.549. The molecule has 1 fully saturated rings. The van der Waals surface area contributed by atoms with Crippen LogP contribution in [-0.4, -0.2) is 17.5 Å². The number of rotatable bonds is 5. The molecule has 146 valence electrons. The Morgan fingerprint density at radius 3 is 2.43 bits per heavy atom. The van der Waals surface area contributed by atoms with Gasteiger partial charge in [-0.2, -0.15) is 5.10 Å². The Morgan fingerprint density at radius 1 is 1.00 bits per heavy atom. The minimum Gasteiger partial charge on any atom is -0.326 e. The molecule has 0 unspecified atom stereocenters. The second kappa shape index (κ2) is 9.51. The number of hydrazone groups is 1. The van der Waals surface area contributed by atoms with Gasteiger partial charge in [0.1, 0.15) is 0 Å². The van der Waals surface area contributed by atoms with Gasteiger partial charge in [-0.15, -0.1) is 0 Å². The second-order valence-electron chi connectivity index (χ2n) is 7.05. The lowest BCUT2D eigenvalue weighted by Gasteiger charge is -2.20. The summed E-state index contributed by atoms with van der Waals surface area (Å²) < 4.78 is 0. The number of carbonyl (C=O) groups is 2. The number of hydrogen-bond acceptors (Lipinski definition) is 3. The molecule has 3 rings (SSSR count). The van der Waals surface area contributed by atoms with Gasteiger partial charge < -0.3 is 5.32 Å². The number of nitrogens with zero attached hydrogens (tertiary/aromatic N) is 1. The summed E-state index contributed by atoms with van der Waals surface area (Å²) in [5.74, 6) is -0.119. The first-order valence-electron chi connectivity index (χ1n) is 9.54. The van der Waals surface area contributed by atoms with Gasteiger partial charge in [0.2, 0.25) is 5.91 Å². The molecule has 0 bridgehead atoms. The molecule has 0 heterocycles. The predicted octanol–water partition coefficient (Wildman–Crippen LogP) is 5.01. The Balaban J connectivity index is 1.63. The molecule has 0 atom stereocenters. The van der Waals surface area contributed by atoms with Crippen molar-refractivity contribution in [3.63, 3.8) is 0 Å². The van der Waals surface area contributed by atoms with Crippen molar-refractivity contribution in [1.29, 1.82) is 0 Å². The average molecular weight is 398 g/mol. The summed E-state index contributed by atoms with van der Waals surface area (Å²) in [7, 11) is 0. The van der Waals surface area contributed by atoms with Gasteiger partial charge in [-0.25, -0.2) is 5.43 Å². The van der Waals surface area contributed by atoms with Crippen molar-refractivity contribution >= 4 is 34.8 Å². The van der Waals surface area contributed by atoms with Crippen molar-refractivity contribution in [1.82, 2.24) is 5.43 Å². The maximum absolute atomic E-state index is 12.4. The van der Waals surface area contributed by atoms with Crippen LogP contribution in [0.25, 0.3) is 0 Å². The number of benzene rings is 2. The number of carbonyl (C=O) groups excluding carboxylic acids is 2. The van der Waals surface area contributed by atoms with E-state index in [-0.39, 0.29) is 17.7 Å². The highest BCUT2D eigenvalue weighted by Crippen LogP contribution is 2.25. The zero-order valence-corrected chi connectivity index (χ0v) is 16.6. The average Bonchev–Trinajstić information content (AvgIpc) is 2.73. The van der Waals surface area contributed by atoms with Crippen LogP contribution in [0, 0.1) is 5.92 Å². The van der Waals surface area contributed by atoms with E-state index < -0.39 is 0 Å². The summed E-state index contributed by atoms with van der Waals surface area (Å²) in [5, 5.41) is 7.76. The second-order valence-corrected chi connectivity index (χ2v) is 7.49. The van der Waals surface area contributed by atoms with Gasteiger partial charge >= 0.3 is 0 Å². The Morgan fingerprint density at radius 2 is 1.71 bits per heavy atom. The lowest BCUT2D eigenvalue weighted by molar-refractivity contribution is -0.120. The highest BCUT2D eigenvalue weighted by Gasteiger charge is 2.21. The third kappa shape index (κ3) is 5.42. The maximum atomic E-state index is 12.4. The monoisotopic (exact) mass is 397 g/mol. The van der Waals surface area contributed by atoms with E-state index in [9.17, 15) is 9.59 Å². The molecule has 6 heteroatoms. The van der Waals surface area contributed by atoms with Gasteiger partial charge in [-0.3, -0.25) is 9.59 Å². The lowest BCUT2D eigenvalue weighted by atomic mass is 9.88. The Labute approximate surface area is 170 Å². The normalized spacial score (nSPS) is 15.1. The van der Waals surface area contributed by atoms with E-state index in [1.807, 2.05) is 31.2 Å². The standard InChI is InChI=1S/C22H24ClN3O2/c1-15(25-26-22(28)17-10-12-19(23)13-11-17)18-8-5-9-20(14-18)24-21(27)16-6-3-2-4-7-16/h5,8-14,16H,2-4,6-7H2,1H3,(H,24,27)(H,26,28). The fourth-order valence-electron chi connectivity index (χ4n) is 3.30. The molecule has 5 nitrogen and oxygen atoms in total. The molecule has 28 heavy (non-hydrogen) atoms. The van der Waals surface area contributed by atoms with Crippen LogP contribution < -0.4 is 10.7 Å². The Hall–Kier alpha value is -2.66. The molecular weight excluding hydrogens is 374 g/mol. The molecule has 2 amide bonds. The van der Waals surface area contributed by atoms with E-state index in [0.29, 0.717) is 16.3 Å². The molecule has 1 saturated carbocycles. The van der Waals surface area contributed by atoms with Crippen LogP contribution in [0.15, 0.2) is 53.6 Å². The van der Waals surface area contributed by atoms with Gasteiger partial charge in [-0.1, -0.05) is 43.0 Å². The summed E-state index contributed by atoms with van der Waals surface area (Å²) in [6.45, 7) is 1.81. The molecule has 0 aromatic heterocycles. The molecule has 0 aliphatic heterocycles. The van der Waals surface area contributed by atoms with E-state index in [2.05, 4.69) is 15.8 Å². The molecular formula is C22H24ClN3O2. The van der Waals surface area contributed by atoms with Crippen LogP contribution >= 0.6 is 11.6 Å². The fraction of sp³-hybridized carbons (Fsp3) is 0.318. The van der Waals surface area contributed by atoms with Crippen LogP contribution in [0.3, 0.4) is 0 Å². The van der Waals surface area contributed by atoms with Gasteiger partial charge in [0, 0.05) is 22.2 Å². The number of amides is 2. The van der Waals surface area contributed by atoms with E-state index in [1.165, 1.54) is 6.42 Å². The van der Waals surface area contributed by atoms with Crippen LogP contribution in [-0.2, 0) is 4.79 Å². The van der Waals surface area contributed by atoms with Crippen molar-refractivity contribution in [2.45, 2.75) is 39.0 Å². The molecule has 1 aliphatic carbocycles.